The second kappa shape index (κ2) is 7.78. The predicted molar refractivity (Wildman–Crippen MR) is 103 cm³/mol. The third-order valence-electron chi connectivity index (χ3n) is 4.18. The molecule has 1 aliphatic heterocycles. The molecule has 3 aromatic rings. The molecule has 0 unspecified atom stereocenters. The number of aromatic nitrogens is 1. The molecule has 0 radical (unpaired) electrons. The van der Waals surface area contributed by atoms with Crippen LogP contribution < -0.4 is 19.7 Å². The van der Waals surface area contributed by atoms with E-state index in [0.29, 0.717) is 37.0 Å². The van der Waals surface area contributed by atoms with E-state index in [4.69, 9.17) is 9.47 Å². The number of carbonyl (C=O) groups is 1. The summed E-state index contributed by atoms with van der Waals surface area (Å²) in [4.78, 5) is 18.4. The summed E-state index contributed by atoms with van der Waals surface area (Å²) < 4.78 is 11.3. The molecule has 136 valence electrons. The Kier molecular flexibility index (Phi) is 4.87. The van der Waals surface area contributed by atoms with E-state index >= 15 is 0 Å². The minimum absolute atomic E-state index is 0.240. The third kappa shape index (κ3) is 4.00. The highest BCUT2D eigenvalue weighted by Gasteiger charge is 2.24. The van der Waals surface area contributed by atoms with Crippen molar-refractivity contribution < 1.29 is 14.3 Å². The summed E-state index contributed by atoms with van der Waals surface area (Å²) in [6.45, 7) is 1.40. The zero-order valence-electron chi connectivity index (χ0n) is 14.7. The van der Waals surface area contributed by atoms with E-state index in [0.717, 1.165) is 11.3 Å². The number of rotatable bonds is 4. The molecular formula is C21H19N3O3. The van der Waals surface area contributed by atoms with Gasteiger partial charge in [0.05, 0.1) is 6.54 Å². The molecule has 2 aromatic carbocycles. The maximum Gasteiger partial charge on any atom is 0.327 e. The van der Waals surface area contributed by atoms with Gasteiger partial charge in [0, 0.05) is 11.9 Å². The Morgan fingerprint density at radius 3 is 2.70 bits per heavy atom. The smallest absolute Gasteiger partial charge is 0.327 e. The number of fused-ring (bicyclic) bond motifs is 1. The largest absolute Gasteiger partial charge is 0.489 e. The van der Waals surface area contributed by atoms with Gasteiger partial charge in [0.2, 0.25) is 0 Å². The Labute approximate surface area is 157 Å². The highest BCUT2D eigenvalue weighted by Crippen LogP contribution is 2.29. The van der Waals surface area contributed by atoms with Gasteiger partial charge in [0.1, 0.15) is 19.0 Å². The normalized spacial score (nSPS) is 12.7. The number of urea groups is 1. The van der Waals surface area contributed by atoms with Crippen LogP contribution >= 0.6 is 0 Å². The number of nitrogens with one attached hydrogen (secondary N) is 1. The van der Waals surface area contributed by atoms with E-state index < -0.39 is 0 Å². The summed E-state index contributed by atoms with van der Waals surface area (Å²) in [6, 6.07) is 20.6. The number of carbonyl (C=O) groups excluding carboxylic acids is 1. The van der Waals surface area contributed by atoms with E-state index in [1.54, 1.807) is 23.2 Å². The molecule has 0 saturated carbocycles. The molecular weight excluding hydrogens is 342 g/mol. The number of nitrogens with zero attached hydrogens (tertiary/aromatic N) is 2. The summed E-state index contributed by atoms with van der Waals surface area (Å²) >= 11 is 0. The minimum Gasteiger partial charge on any atom is -0.489 e. The number of pyridine rings is 1. The predicted octanol–water partition coefficient (Wildman–Crippen LogP) is 4.09. The van der Waals surface area contributed by atoms with Gasteiger partial charge in [-0.1, -0.05) is 30.3 Å². The zero-order valence-corrected chi connectivity index (χ0v) is 14.7. The molecule has 0 fully saturated rings. The van der Waals surface area contributed by atoms with Gasteiger partial charge in [-0.25, -0.2) is 9.78 Å². The average Bonchev–Trinajstić information content (AvgIpc) is 2.73. The van der Waals surface area contributed by atoms with Crippen LogP contribution in [0.15, 0.2) is 72.9 Å². The van der Waals surface area contributed by atoms with E-state index in [2.05, 4.69) is 10.3 Å². The first-order chi connectivity index (χ1) is 13.3. The van der Waals surface area contributed by atoms with Crippen molar-refractivity contribution in [2.75, 3.05) is 23.4 Å². The quantitative estimate of drug-likeness (QED) is 0.760. The first-order valence-corrected chi connectivity index (χ1v) is 8.73. The maximum absolute atomic E-state index is 12.6. The van der Waals surface area contributed by atoms with Crippen molar-refractivity contribution in [3.05, 3.63) is 78.5 Å². The number of amides is 2. The minimum atomic E-state index is -0.240. The van der Waals surface area contributed by atoms with Gasteiger partial charge in [-0.2, -0.15) is 0 Å². The van der Waals surface area contributed by atoms with Crippen molar-refractivity contribution in [1.29, 1.82) is 0 Å². The molecule has 4 rings (SSSR count). The molecule has 2 amide bonds. The van der Waals surface area contributed by atoms with Gasteiger partial charge >= 0.3 is 6.03 Å². The van der Waals surface area contributed by atoms with Crippen LogP contribution in [0, 0.1) is 0 Å². The molecule has 0 bridgehead atoms. The lowest BCUT2D eigenvalue weighted by Crippen LogP contribution is -2.41. The Balaban J connectivity index is 1.38. The van der Waals surface area contributed by atoms with Crippen molar-refractivity contribution in [1.82, 2.24) is 4.98 Å². The molecule has 1 N–H and O–H groups in total. The zero-order chi connectivity index (χ0) is 18.5. The van der Waals surface area contributed by atoms with Crippen molar-refractivity contribution in [3.8, 4) is 11.5 Å². The Hall–Kier alpha value is -3.54. The van der Waals surface area contributed by atoms with E-state index in [1.165, 1.54) is 0 Å². The van der Waals surface area contributed by atoms with Crippen LogP contribution in [0.2, 0.25) is 0 Å². The molecule has 0 aliphatic carbocycles. The van der Waals surface area contributed by atoms with Gasteiger partial charge in [-0.3, -0.25) is 4.90 Å². The first kappa shape index (κ1) is 16.9. The number of ether oxygens (including phenoxy) is 2. The fourth-order valence-corrected chi connectivity index (χ4v) is 2.81. The topological polar surface area (TPSA) is 63.7 Å². The van der Waals surface area contributed by atoms with Gasteiger partial charge in [0.25, 0.3) is 0 Å². The van der Waals surface area contributed by atoms with E-state index in [-0.39, 0.29) is 6.03 Å². The Morgan fingerprint density at radius 1 is 1.07 bits per heavy atom. The lowest BCUT2D eigenvalue weighted by molar-refractivity contribution is 0.249. The van der Waals surface area contributed by atoms with Gasteiger partial charge in [0.15, 0.2) is 11.6 Å². The number of hydrogen-bond donors (Lipinski definition) is 1. The van der Waals surface area contributed by atoms with Gasteiger partial charge < -0.3 is 14.8 Å². The van der Waals surface area contributed by atoms with Crippen LogP contribution in [-0.4, -0.2) is 24.2 Å². The monoisotopic (exact) mass is 361 g/mol. The molecule has 0 saturated heterocycles. The molecule has 6 nitrogen and oxygen atoms in total. The van der Waals surface area contributed by atoms with Crippen molar-refractivity contribution >= 4 is 17.5 Å². The highest BCUT2D eigenvalue weighted by molar-refractivity contribution is 6.02. The fraction of sp³-hybridized carbons (Fsp3) is 0.143. The summed E-state index contributed by atoms with van der Waals surface area (Å²) in [5.41, 5.74) is 1.80. The average molecular weight is 361 g/mol. The molecule has 6 heteroatoms. The fourth-order valence-electron chi connectivity index (χ4n) is 2.81. The van der Waals surface area contributed by atoms with Crippen LogP contribution in [0.25, 0.3) is 0 Å². The molecule has 27 heavy (non-hydrogen) atoms. The van der Waals surface area contributed by atoms with E-state index in [1.807, 2.05) is 54.6 Å². The van der Waals surface area contributed by atoms with Crippen molar-refractivity contribution in [2.24, 2.45) is 0 Å². The van der Waals surface area contributed by atoms with Crippen LogP contribution in [0.3, 0.4) is 0 Å². The third-order valence-corrected chi connectivity index (χ3v) is 4.18. The second-order valence-corrected chi connectivity index (χ2v) is 6.05. The number of benzene rings is 2. The van der Waals surface area contributed by atoms with Crippen molar-refractivity contribution in [2.45, 2.75) is 6.61 Å². The summed E-state index contributed by atoms with van der Waals surface area (Å²) in [5.74, 6) is 1.89. The lowest BCUT2D eigenvalue weighted by atomic mass is 10.2. The van der Waals surface area contributed by atoms with E-state index in [9.17, 15) is 4.79 Å². The summed E-state index contributed by atoms with van der Waals surface area (Å²) in [5, 5.41) is 2.89. The summed E-state index contributed by atoms with van der Waals surface area (Å²) in [7, 11) is 0. The van der Waals surface area contributed by atoms with Crippen LogP contribution in [0.5, 0.6) is 11.5 Å². The molecule has 1 aromatic heterocycles. The summed E-state index contributed by atoms with van der Waals surface area (Å²) in [6.07, 6.45) is 1.65. The Bertz CT molecular complexity index is 913. The van der Waals surface area contributed by atoms with Crippen LogP contribution in [-0.2, 0) is 6.61 Å². The first-order valence-electron chi connectivity index (χ1n) is 8.73. The SMILES string of the molecule is O=C(Nc1ccc(OCc2ccccc2)cc1)N1CCOc2cccnc21. The maximum atomic E-state index is 12.6. The molecule has 0 atom stereocenters. The standard InChI is InChI=1S/C21H19N3O3/c25-21(24-13-14-26-19-7-4-12-22-20(19)24)23-17-8-10-18(11-9-17)27-15-16-5-2-1-3-6-16/h1-12H,13-15H2,(H,23,25). The molecule has 1 aliphatic rings. The highest BCUT2D eigenvalue weighted by atomic mass is 16.5. The molecule has 2 heterocycles. The second-order valence-electron chi connectivity index (χ2n) is 6.05. The Morgan fingerprint density at radius 2 is 1.89 bits per heavy atom. The van der Waals surface area contributed by atoms with Gasteiger partial charge in [-0.05, 0) is 42.0 Å². The van der Waals surface area contributed by atoms with Crippen molar-refractivity contribution in [3.63, 3.8) is 0 Å². The van der Waals surface area contributed by atoms with Gasteiger partial charge in [-0.15, -0.1) is 0 Å². The lowest BCUT2D eigenvalue weighted by Gasteiger charge is -2.28. The van der Waals surface area contributed by atoms with Crippen LogP contribution in [0.1, 0.15) is 5.56 Å². The molecule has 0 spiro atoms. The van der Waals surface area contributed by atoms with Crippen LogP contribution in [0.4, 0.5) is 16.3 Å². The number of hydrogen-bond acceptors (Lipinski definition) is 4. The number of anilines is 2.